The second-order valence-electron chi connectivity index (χ2n) is 2.81. The number of H-pyrrole nitrogens is 1. The lowest BCUT2D eigenvalue weighted by atomic mass is 10.2. The number of imidazole rings is 1. The average Bonchev–Trinajstić information content (AvgIpc) is 2.65. The first-order chi connectivity index (χ1) is 6.24. The summed E-state index contributed by atoms with van der Waals surface area (Å²) in [5.41, 5.74) is 0. The van der Waals surface area contributed by atoms with Crippen LogP contribution in [-0.4, -0.2) is 21.8 Å². The number of nitrogens with zero attached hydrogens (tertiary/aromatic N) is 1. The molecule has 1 unspecified atom stereocenters. The molecule has 0 radical (unpaired) electrons. The Kier molecular flexibility index (Phi) is 3.76. The van der Waals surface area contributed by atoms with Crippen molar-refractivity contribution in [2.24, 2.45) is 5.92 Å². The Morgan fingerprint density at radius 2 is 2.62 bits per heavy atom. The van der Waals surface area contributed by atoms with E-state index in [1.54, 1.807) is 19.3 Å². The van der Waals surface area contributed by atoms with Crippen molar-refractivity contribution in [3.8, 4) is 0 Å². The van der Waals surface area contributed by atoms with Gasteiger partial charge in [-0.3, -0.25) is 4.79 Å². The molecule has 13 heavy (non-hydrogen) atoms. The summed E-state index contributed by atoms with van der Waals surface area (Å²) in [4.78, 5) is 18.1. The van der Waals surface area contributed by atoms with Crippen LogP contribution in [0.25, 0.3) is 0 Å². The molecule has 2 N–H and O–H groups in total. The Morgan fingerprint density at radius 1 is 1.85 bits per heavy atom. The van der Waals surface area contributed by atoms with Crippen LogP contribution in [0.5, 0.6) is 0 Å². The lowest BCUT2D eigenvalue weighted by Gasteiger charge is -2.07. The number of carbonyl (C=O) groups excluding carboxylic acids is 1. The third kappa shape index (κ3) is 3.06. The van der Waals surface area contributed by atoms with E-state index >= 15 is 0 Å². The molecule has 0 saturated heterocycles. The molecule has 1 atom stereocenters. The largest absolute Gasteiger partial charge is 0.349 e. The van der Waals surface area contributed by atoms with Gasteiger partial charge < -0.3 is 10.3 Å². The van der Waals surface area contributed by atoms with Crippen molar-refractivity contribution < 1.29 is 4.79 Å². The van der Waals surface area contributed by atoms with Crippen molar-refractivity contribution in [1.29, 1.82) is 0 Å². The summed E-state index contributed by atoms with van der Waals surface area (Å²) in [6, 6.07) is 0. The second-order valence-corrected chi connectivity index (χ2v) is 3.12. The summed E-state index contributed by atoms with van der Waals surface area (Å²) in [7, 11) is 0. The molecular formula is C8H12ClN3O. The molecule has 0 spiro atoms. The molecule has 0 bridgehead atoms. The van der Waals surface area contributed by atoms with Crippen LogP contribution in [0.3, 0.4) is 0 Å². The summed E-state index contributed by atoms with van der Waals surface area (Å²) in [6.07, 6.45) is 3.36. The predicted molar refractivity (Wildman–Crippen MR) is 50.3 cm³/mol. The van der Waals surface area contributed by atoms with Crippen LogP contribution < -0.4 is 5.32 Å². The predicted octanol–water partition coefficient (Wildman–Crippen LogP) is 0.901. The van der Waals surface area contributed by atoms with E-state index in [0.717, 1.165) is 5.82 Å². The standard InChI is InChI=1S/C8H12ClN3O/c1-6(4-9)8(13)12-5-7-10-2-3-11-7/h2-3,6H,4-5H2,1H3,(H,10,11)(H,12,13). The summed E-state index contributed by atoms with van der Waals surface area (Å²) in [5.74, 6) is 0.877. The Morgan fingerprint density at radius 3 is 3.15 bits per heavy atom. The molecule has 5 heteroatoms. The first-order valence-electron chi connectivity index (χ1n) is 4.06. The summed E-state index contributed by atoms with van der Waals surface area (Å²) in [6.45, 7) is 2.21. The molecular weight excluding hydrogens is 190 g/mol. The summed E-state index contributed by atoms with van der Waals surface area (Å²) in [5, 5.41) is 2.72. The fourth-order valence-electron chi connectivity index (χ4n) is 0.810. The monoisotopic (exact) mass is 201 g/mol. The number of nitrogens with one attached hydrogen (secondary N) is 2. The molecule has 0 fully saturated rings. The molecule has 72 valence electrons. The van der Waals surface area contributed by atoms with Crippen molar-refractivity contribution in [1.82, 2.24) is 15.3 Å². The number of hydrogen-bond donors (Lipinski definition) is 2. The molecule has 0 aliphatic heterocycles. The molecule has 0 aromatic carbocycles. The van der Waals surface area contributed by atoms with E-state index in [-0.39, 0.29) is 11.8 Å². The summed E-state index contributed by atoms with van der Waals surface area (Å²) < 4.78 is 0. The minimum Gasteiger partial charge on any atom is -0.349 e. The zero-order valence-corrected chi connectivity index (χ0v) is 8.14. The molecule has 0 aliphatic carbocycles. The van der Waals surface area contributed by atoms with E-state index in [2.05, 4.69) is 15.3 Å². The van der Waals surface area contributed by atoms with Gasteiger partial charge in [-0.2, -0.15) is 0 Å². The number of aromatic amines is 1. The fraction of sp³-hybridized carbons (Fsp3) is 0.500. The third-order valence-corrected chi connectivity index (χ3v) is 2.13. The molecule has 0 aliphatic rings. The quantitative estimate of drug-likeness (QED) is 0.712. The molecule has 1 aromatic rings. The SMILES string of the molecule is CC(CCl)C(=O)NCc1ncc[nH]1. The highest BCUT2D eigenvalue weighted by Gasteiger charge is 2.10. The maximum absolute atomic E-state index is 11.2. The van der Waals surface area contributed by atoms with E-state index < -0.39 is 0 Å². The first kappa shape index (κ1) is 10.1. The molecule has 1 heterocycles. The van der Waals surface area contributed by atoms with Gasteiger partial charge in [-0.1, -0.05) is 6.92 Å². The number of amides is 1. The van der Waals surface area contributed by atoms with Crippen LogP contribution >= 0.6 is 11.6 Å². The van der Waals surface area contributed by atoms with Gasteiger partial charge in [-0.25, -0.2) is 4.98 Å². The lowest BCUT2D eigenvalue weighted by Crippen LogP contribution is -2.29. The number of rotatable bonds is 4. The van der Waals surface area contributed by atoms with E-state index in [0.29, 0.717) is 12.4 Å². The first-order valence-corrected chi connectivity index (χ1v) is 4.59. The highest BCUT2D eigenvalue weighted by molar-refractivity contribution is 6.19. The Balaban J connectivity index is 2.31. The smallest absolute Gasteiger partial charge is 0.224 e. The van der Waals surface area contributed by atoms with Crippen LogP contribution in [0.15, 0.2) is 12.4 Å². The van der Waals surface area contributed by atoms with E-state index in [4.69, 9.17) is 11.6 Å². The van der Waals surface area contributed by atoms with Crippen molar-refractivity contribution >= 4 is 17.5 Å². The van der Waals surface area contributed by atoms with Gasteiger partial charge in [0.25, 0.3) is 0 Å². The molecule has 0 saturated carbocycles. The van der Waals surface area contributed by atoms with Crippen molar-refractivity contribution in [2.75, 3.05) is 5.88 Å². The van der Waals surface area contributed by atoms with Gasteiger partial charge in [0.2, 0.25) is 5.91 Å². The highest BCUT2D eigenvalue weighted by Crippen LogP contribution is 1.98. The van der Waals surface area contributed by atoms with Crippen molar-refractivity contribution in [2.45, 2.75) is 13.5 Å². The number of carbonyl (C=O) groups is 1. The number of halogens is 1. The lowest BCUT2D eigenvalue weighted by molar-refractivity contribution is -0.124. The van der Waals surface area contributed by atoms with Gasteiger partial charge in [0.05, 0.1) is 6.54 Å². The minimum atomic E-state index is -0.156. The van der Waals surface area contributed by atoms with Crippen molar-refractivity contribution in [3.05, 3.63) is 18.2 Å². The van der Waals surface area contributed by atoms with Crippen LogP contribution in [0, 0.1) is 5.92 Å². The Labute approximate surface area is 81.7 Å². The van der Waals surface area contributed by atoms with Gasteiger partial charge in [-0.15, -0.1) is 11.6 Å². The molecule has 1 aromatic heterocycles. The topological polar surface area (TPSA) is 57.8 Å². The number of alkyl halides is 1. The maximum atomic E-state index is 11.2. The Hall–Kier alpha value is -1.03. The van der Waals surface area contributed by atoms with Crippen LogP contribution in [0.2, 0.25) is 0 Å². The maximum Gasteiger partial charge on any atom is 0.224 e. The number of aromatic nitrogens is 2. The van der Waals surface area contributed by atoms with Gasteiger partial charge in [0.1, 0.15) is 5.82 Å². The van der Waals surface area contributed by atoms with E-state index in [9.17, 15) is 4.79 Å². The Bertz CT molecular complexity index is 260. The van der Waals surface area contributed by atoms with Gasteiger partial charge in [0.15, 0.2) is 0 Å². The van der Waals surface area contributed by atoms with Crippen molar-refractivity contribution in [3.63, 3.8) is 0 Å². The second kappa shape index (κ2) is 4.87. The zero-order chi connectivity index (χ0) is 9.68. The fourth-order valence-corrected chi connectivity index (χ4v) is 0.950. The highest BCUT2D eigenvalue weighted by atomic mass is 35.5. The van der Waals surface area contributed by atoms with Crippen LogP contribution in [0.4, 0.5) is 0 Å². The van der Waals surface area contributed by atoms with Crippen LogP contribution in [-0.2, 0) is 11.3 Å². The van der Waals surface area contributed by atoms with E-state index in [1.807, 2.05) is 0 Å². The normalized spacial score (nSPS) is 12.5. The molecule has 1 rings (SSSR count). The zero-order valence-electron chi connectivity index (χ0n) is 7.38. The average molecular weight is 202 g/mol. The number of hydrogen-bond acceptors (Lipinski definition) is 2. The van der Waals surface area contributed by atoms with Gasteiger partial charge >= 0.3 is 0 Å². The molecule has 1 amide bonds. The summed E-state index contributed by atoms with van der Waals surface area (Å²) >= 11 is 5.52. The third-order valence-electron chi connectivity index (χ3n) is 1.66. The minimum absolute atomic E-state index is 0.0496. The van der Waals surface area contributed by atoms with E-state index in [1.165, 1.54) is 0 Å². The van der Waals surface area contributed by atoms with Gasteiger partial charge in [-0.05, 0) is 0 Å². The van der Waals surface area contributed by atoms with Crippen LogP contribution in [0.1, 0.15) is 12.7 Å². The molecule has 4 nitrogen and oxygen atoms in total. The van der Waals surface area contributed by atoms with Gasteiger partial charge in [0, 0.05) is 24.2 Å².